The van der Waals surface area contributed by atoms with Crippen molar-refractivity contribution in [2.75, 3.05) is 0 Å². The van der Waals surface area contributed by atoms with Crippen molar-refractivity contribution < 1.29 is 9.13 Å². The van der Waals surface area contributed by atoms with Gasteiger partial charge < -0.3 is 4.74 Å². The molecule has 2 heterocycles. The highest BCUT2D eigenvalue weighted by Crippen LogP contribution is 2.31. The molecule has 0 atom stereocenters. The molecular formula is C20H11FN4O. The summed E-state index contributed by atoms with van der Waals surface area (Å²) < 4.78 is 19.9. The van der Waals surface area contributed by atoms with E-state index in [0.717, 1.165) is 11.6 Å². The van der Waals surface area contributed by atoms with Crippen LogP contribution in [0.3, 0.4) is 0 Å². The fourth-order valence-corrected chi connectivity index (χ4v) is 2.51. The minimum absolute atomic E-state index is 0.00927. The molecule has 0 N–H and O–H groups in total. The van der Waals surface area contributed by atoms with Gasteiger partial charge in [-0.1, -0.05) is 12.1 Å². The van der Waals surface area contributed by atoms with Crippen molar-refractivity contribution in [2.24, 2.45) is 0 Å². The van der Waals surface area contributed by atoms with E-state index in [4.69, 9.17) is 10.00 Å². The molecule has 4 aromatic rings. The Hall–Kier alpha value is -3.85. The molecule has 26 heavy (non-hydrogen) atoms. The van der Waals surface area contributed by atoms with Gasteiger partial charge in [0.25, 0.3) is 0 Å². The normalized spacial score (nSPS) is 10.5. The number of benzene rings is 2. The smallest absolute Gasteiger partial charge is 0.230 e. The zero-order chi connectivity index (χ0) is 17.9. The lowest BCUT2D eigenvalue weighted by molar-refractivity contribution is 0.432. The molecule has 0 aliphatic carbocycles. The molecule has 2 aromatic heterocycles. The van der Waals surface area contributed by atoms with Gasteiger partial charge in [0, 0.05) is 18.0 Å². The van der Waals surface area contributed by atoms with Gasteiger partial charge in [0.15, 0.2) is 17.4 Å². The number of aromatic nitrogens is 3. The Labute approximate surface area is 148 Å². The highest BCUT2D eigenvalue weighted by atomic mass is 19.1. The molecule has 0 bridgehead atoms. The van der Waals surface area contributed by atoms with Crippen LogP contribution in [0.25, 0.3) is 22.3 Å². The number of para-hydroxylation sites is 1. The molecular weight excluding hydrogens is 331 g/mol. The number of ether oxygens (including phenoxy) is 1. The van der Waals surface area contributed by atoms with Gasteiger partial charge in [-0.25, -0.2) is 9.37 Å². The largest absolute Gasteiger partial charge is 0.435 e. The Kier molecular flexibility index (Phi) is 3.96. The molecule has 4 rings (SSSR count). The monoisotopic (exact) mass is 342 g/mol. The van der Waals surface area contributed by atoms with E-state index in [0.29, 0.717) is 16.7 Å². The maximum Gasteiger partial charge on any atom is 0.230 e. The summed E-state index contributed by atoms with van der Waals surface area (Å²) in [5, 5.41) is 9.52. The minimum atomic E-state index is -0.630. The molecule has 0 amide bonds. The van der Waals surface area contributed by atoms with Gasteiger partial charge in [0.1, 0.15) is 0 Å². The van der Waals surface area contributed by atoms with Crippen molar-refractivity contribution in [3.05, 3.63) is 78.4 Å². The summed E-state index contributed by atoms with van der Waals surface area (Å²) in [7, 11) is 0. The van der Waals surface area contributed by atoms with Gasteiger partial charge >= 0.3 is 0 Å². The number of nitrogens with zero attached hydrogens (tertiary/aromatic N) is 4. The van der Waals surface area contributed by atoms with Crippen molar-refractivity contribution in [1.29, 1.82) is 5.26 Å². The predicted molar refractivity (Wildman–Crippen MR) is 94.0 cm³/mol. The van der Waals surface area contributed by atoms with Gasteiger partial charge in [0.05, 0.1) is 22.5 Å². The molecule has 0 unspecified atom stereocenters. The zero-order valence-corrected chi connectivity index (χ0v) is 13.4. The first-order chi connectivity index (χ1) is 12.7. The van der Waals surface area contributed by atoms with Gasteiger partial charge in [-0.05, 0) is 42.5 Å². The lowest BCUT2D eigenvalue weighted by atomic mass is 10.2. The van der Waals surface area contributed by atoms with Crippen LogP contribution in [0.15, 0.2) is 67.0 Å². The maximum atomic E-state index is 14.2. The third kappa shape index (κ3) is 2.94. The highest BCUT2D eigenvalue weighted by Gasteiger charge is 2.13. The molecule has 0 spiro atoms. The summed E-state index contributed by atoms with van der Waals surface area (Å²) in [4.78, 5) is 13.1. The van der Waals surface area contributed by atoms with Crippen molar-refractivity contribution >= 4 is 10.9 Å². The number of rotatable bonds is 3. The Balaban J connectivity index is 1.85. The van der Waals surface area contributed by atoms with Gasteiger partial charge in [-0.3, -0.25) is 4.98 Å². The van der Waals surface area contributed by atoms with Crippen LogP contribution in [-0.4, -0.2) is 15.0 Å². The topological polar surface area (TPSA) is 71.7 Å². The van der Waals surface area contributed by atoms with Crippen LogP contribution >= 0.6 is 0 Å². The van der Waals surface area contributed by atoms with Crippen molar-refractivity contribution in [2.45, 2.75) is 0 Å². The van der Waals surface area contributed by atoms with E-state index in [-0.39, 0.29) is 17.2 Å². The lowest BCUT2D eigenvalue weighted by Crippen LogP contribution is -1.97. The summed E-state index contributed by atoms with van der Waals surface area (Å²) in [6.07, 6.45) is 3.31. The molecule has 0 aliphatic rings. The Bertz CT molecular complexity index is 1140. The molecule has 0 saturated heterocycles. The van der Waals surface area contributed by atoms with Crippen LogP contribution in [0.1, 0.15) is 5.56 Å². The van der Waals surface area contributed by atoms with Crippen LogP contribution in [0.5, 0.6) is 11.6 Å². The first kappa shape index (κ1) is 15.7. The molecule has 0 saturated carbocycles. The predicted octanol–water partition coefficient (Wildman–Crippen LogP) is 4.49. The number of hydrogen-bond acceptors (Lipinski definition) is 5. The van der Waals surface area contributed by atoms with Crippen molar-refractivity contribution in [1.82, 2.24) is 15.0 Å². The van der Waals surface area contributed by atoms with E-state index in [1.807, 2.05) is 30.3 Å². The zero-order valence-electron chi connectivity index (χ0n) is 13.4. The first-order valence-electron chi connectivity index (χ1n) is 7.79. The maximum absolute atomic E-state index is 14.2. The van der Waals surface area contributed by atoms with E-state index in [9.17, 15) is 4.39 Å². The third-order valence-electron chi connectivity index (χ3n) is 3.76. The van der Waals surface area contributed by atoms with Crippen LogP contribution in [0.2, 0.25) is 0 Å². The average Bonchev–Trinajstić information content (AvgIpc) is 2.70. The Morgan fingerprint density at radius 1 is 1.00 bits per heavy atom. The fraction of sp³-hybridized carbons (Fsp3) is 0. The summed E-state index contributed by atoms with van der Waals surface area (Å²) in [5.41, 5.74) is 1.62. The van der Waals surface area contributed by atoms with E-state index in [1.54, 1.807) is 24.5 Å². The fourth-order valence-electron chi connectivity index (χ4n) is 2.51. The van der Waals surface area contributed by atoms with Crippen LogP contribution in [0.4, 0.5) is 4.39 Å². The minimum Gasteiger partial charge on any atom is -0.435 e. The van der Waals surface area contributed by atoms with Crippen molar-refractivity contribution in [3.63, 3.8) is 0 Å². The number of pyridine rings is 1. The number of halogens is 1. The Morgan fingerprint density at radius 3 is 2.65 bits per heavy atom. The quantitative estimate of drug-likeness (QED) is 0.548. The second kappa shape index (κ2) is 6.57. The molecule has 2 aromatic carbocycles. The van der Waals surface area contributed by atoms with Crippen molar-refractivity contribution in [3.8, 4) is 29.1 Å². The Morgan fingerprint density at radius 2 is 1.88 bits per heavy atom. The molecule has 124 valence electrons. The molecule has 0 fully saturated rings. The lowest BCUT2D eigenvalue weighted by Gasteiger charge is -2.10. The molecule has 5 nitrogen and oxygen atoms in total. The number of fused-ring (bicyclic) bond motifs is 1. The van der Waals surface area contributed by atoms with E-state index >= 15 is 0 Å². The third-order valence-corrected chi connectivity index (χ3v) is 3.76. The van der Waals surface area contributed by atoms with Crippen LogP contribution < -0.4 is 4.74 Å². The summed E-state index contributed by atoms with van der Waals surface area (Å²) >= 11 is 0. The SMILES string of the molecule is N#Cc1ccc(Oc2nc(-c3cccnc3)nc3ccccc23)c(F)c1. The van der Waals surface area contributed by atoms with Gasteiger partial charge in [-0.2, -0.15) is 10.2 Å². The second-order valence-corrected chi connectivity index (χ2v) is 5.47. The van der Waals surface area contributed by atoms with Gasteiger partial charge in [0.2, 0.25) is 5.88 Å². The molecule has 0 aliphatic heterocycles. The van der Waals surface area contributed by atoms with Crippen LogP contribution in [0, 0.1) is 17.1 Å². The number of hydrogen-bond donors (Lipinski definition) is 0. The van der Waals surface area contributed by atoms with E-state index in [2.05, 4.69) is 15.0 Å². The molecule has 6 heteroatoms. The highest BCUT2D eigenvalue weighted by molar-refractivity contribution is 5.85. The number of nitriles is 1. The van der Waals surface area contributed by atoms with E-state index in [1.165, 1.54) is 12.1 Å². The van der Waals surface area contributed by atoms with E-state index < -0.39 is 5.82 Å². The first-order valence-corrected chi connectivity index (χ1v) is 7.79. The summed E-state index contributed by atoms with van der Waals surface area (Å²) in [6, 6.07) is 16.9. The summed E-state index contributed by atoms with van der Waals surface area (Å²) in [5.74, 6) is 0.0265. The standard InChI is InChI=1S/C20H11FN4O/c21-16-10-13(11-22)7-8-18(16)26-20-15-5-1-2-6-17(15)24-19(25-20)14-4-3-9-23-12-14/h1-10,12H. The molecule has 0 radical (unpaired) electrons. The second-order valence-electron chi connectivity index (χ2n) is 5.47. The van der Waals surface area contributed by atoms with Gasteiger partial charge in [-0.15, -0.1) is 0 Å². The van der Waals surface area contributed by atoms with Crippen LogP contribution in [-0.2, 0) is 0 Å². The summed E-state index contributed by atoms with van der Waals surface area (Å²) in [6.45, 7) is 0. The average molecular weight is 342 g/mol.